The standard InChI is InChI=1S/C49H31N3OS/c1-3-12-30(13-4-1)31-22-24-33(25-23-31)48-50-47(32-14-5-2-6-15-32)51-49(52-48)39-27-26-37(36-19-11-21-43-44(36)38-18-9-10-20-42(38)54-43)46-45(39)40-28-34-16-7-8-17-35(34)29-41(40)53-46/h1-29,48H,(H,50,51,52). The summed E-state index contributed by atoms with van der Waals surface area (Å²) in [6, 6.07) is 62.0. The van der Waals surface area contributed by atoms with Gasteiger partial charge >= 0.3 is 0 Å². The molecule has 1 aliphatic heterocycles. The van der Waals surface area contributed by atoms with Gasteiger partial charge in [0.1, 0.15) is 23.2 Å². The third kappa shape index (κ3) is 5.05. The molecule has 1 atom stereocenters. The Morgan fingerprint density at radius 2 is 1.17 bits per heavy atom. The highest BCUT2D eigenvalue weighted by atomic mass is 32.1. The predicted molar refractivity (Wildman–Crippen MR) is 227 cm³/mol. The second-order valence-corrected chi connectivity index (χ2v) is 14.8. The molecule has 254 valence electrons. The van der Waals surface area contributed by atoms with E-state index in [-0.39, 0.29) is 6.17 Å². The van der Waals surface area contributed by atoms with Crippen molar-refractivity contribution in [2.45, 2.75) is 6.17 Å². The molecule has 5 heteroatoms. The molecule has 3 heterocycles. The SMILES string of the molecule is c1ccc(C2=NC(c3ccc(-c4ccccc4)cc3)NC(c3ccc(-c4cccc5sc6ccccc6c45)c4oc5cc6ccccc6cc5c34)=N2)cc1. The number of hydrogen-bond donors (Lipinski definition) is 1. The molecule has 2 aromatic heterocycles. The lowest BCUT2D eigenvalue weighted by molar-refractivity contribution is 0.669. The van der Waals surface area contributed by atoms with Crippen molar-refractivity contribution >= 4 is 75.9 Å². The minimum Gasteiger partial charge on any atom is -0.455 e. The first-order valence-electron chi connectivity index (χ1n) is 18.2. The van der Waals surface area contributed by atoms with Crippen molar-refractivity contribution in [1.29, 1.82) is 0 Å². The van der Waals surface area contributed by atoms with Crippen molar-refractivity contribution in [3.63, 3.8) is 0 Å². The summed E-state index contributed by atoms with van der Waals surface area (Å²) in [5.41, 5.74) is 9.26. The van der Waals surface area contributed by atoms with E-state index in [1.165, 1.54) is 31.3 Å². The van der Waals surface area contributed by atoms with Crippen LogP contribution in [-0.2, 0) is 0 Å². The Kier molecular flexibility index (Phi) is 7.07. The fraction of sp³-hybridized carbons (Fsp3) is 0.0204. The fourth-order valence-electron chi connectivity index (χ4n) is 7.94. The monoisotopic (exact) mass is 709 g/mol. The Bertz CT molecular complexity index is 3120. The normalized spacial score (nSPS) is 14.5. The quantitative estimate of drug-likeness (QED) is 0.193. The summed E-state index contributed by atoms with van der Waals surface area (Å²) in [7, 11) is 0. The van der Waals surface area contributed by atoms with Crippen molar-refractivity contribution < 1.29 is 4.42 Å². The maximum absolute atomic E-state index is 6.98. The van der Waals surface area contributed by atoms with Crippen LogP contribution in [0.15, 0.2) is 190 Å². The van der Waals surface area contributed by atoms with Crippen LogP contribution in [0, 0.1) is 0 Å². The van der Waals surface area contributed by atoms with Crippen molar-refractivity contribution in [2.24, 2.45) is 9.98 Å². The van der Waals surface area contributed by atoms with Gasteiger partial charge in [-0.3, -0.25) is 0 Å². The largest absolute Gasteiger partial charge is 0.455 e. The molecule has 0 saturated heterocycles. The topological polar surface area (TPSA) is 49.9 Å². The van der Waals surface area contributed by atoms with Crippen molar-refractivity contribution in [2.75, 3.05) is 0 Å². The molecule has 0 fully saturated rings. The maximum Gasteiger partial charge on any atom is 0.159 e. The van der Waals surface area contributed by atoms with Gasteiger partial charge in [0.05, 0.1) is 0 Å². The summed E-state index contributed by atoms with van der Waals surface area (Å²) in [5.74, 6) is 1.44. The summed E-state index contributed by atoms with van der Waals surface area (Å²) >= 11 is 1.83. The summed E-state index contributed by atoms with van der Waals surface area (Å²) in [4.78, 5) is 10.5. The predicted octanol–water partition coefficient (Wildman–Crippen LogP) is 12.9. The van der Waals surface area contributed by atoms with Gasteiger partial charge in [-0.15, -0.1) is 11.3 Å². The van der Waals surface area contributed by atoms with E-state index < -0.39 is 0 Å². The Morgan fingerprint density at radius 3 is 1.98 bits per heavy atom. The second kappa shape index (κ2) is 12.4. The van der Waals surface area contributed by atoms with E-state index in [1.807, 2.05) is 35.6 Å². The van der Waals surface area contributed by atoms with Gasteiger partial charge in [-0.1, -0.05) is 140 Å². The number of aliphatic imine (C=N–C) groups is 2. The minimum absolute atomic E-state index is 0.350. The maximum atomic E-state index is 6.98. The smallest absolute Gasteiger partial charge is 0.159 e. The van der Waals surface area contributed by atoms with Crippen LogP contribution in [0.3, 0.4) is 0 Å². The molecule has 4 nitrogen and oxygen atoms in total. The van der Waals surface area contributed by atoms with E-state index in [1.54, 1.807) is 0 Å². The van der Waals surface area contributed by atoms with Crippen molar-refractivity contribution in [3.8, 4) is 22.3 Å². The molecular weight excluding hydrogens is 679 g/mol. The molecule has 0 aliphatic carbocycles. The lowest BCUT2D eigenvalue weighted by Gasteiger charge is -2.24. The van der Waals surface area contributed by atoms with Crippen LogP contribution in [0.2, 0.25) is 0 Å². The van der Waals surface area contributed by atoms with Gasteiger partial charge in [-0.25, -0.2) is 9.98 Å². The Morgan fingerprint density at radius 1 is 0.500 bits per heavy atom. The molecule has 8 aromatic carbocycles. The number of nitrogens with one attached hydrogen (secondary N) is 1. The van der Waals surface area contributed by atoms with E-state index in [9.17, 15) is 0 Å². The van der Waals surface area contributed by atoms with Crippen molar-refractivity contribution in [3.05, 3.63) is 193 Å². The molecule has 1 unspecified atom stereocenters. The molecule has 0 amide bonds. The van der Waals surface area contributed by atoms with Gasteiger partial charge < -0.3 is 9.73 Å². The molecule has 10 aromatic rings. The van der Waals surface area contributed by atoms with Gasteiger partial charge in [-0.2, -0.15) is 0 Å². The first-order valence-corrected chi connectivity index (χ1v) is 19.0. The highest BCUT2D eigenvalue weighted by molar-refractivity contribution is 7.25. The zero-order valence-corrected chi connectivity index (χ0v) is 29.8. The summed E-state index contributed by atoms with van der Waals surface area (Å²) in [6.45, 7) is 0. The third-order valence-electron chi connectivity index (χ3n) is 10.5. The highest BCUT2D eigenvalue weighted by Gasteiger charge is 2.26. The number of furan rings is 1. The molecule has 1 N–H and O–H groups in total. The molecule has 0 radical (unpaired) electrons. The molecule has 1 aliphatic rings. The van der Waals surface area contributed by atoms with Crippen LogP contribution in [-0.4, -0.2) is 11.7 Å². The van der Waals surface area contributed by atoms with Crippen LogP contribution in [0.1, 0.15) is 22.9 Å². The van der Waals surface area contributed by atoms with Gasteiger partial charge in [0.25, 0.3) is 0 Å². The number of fused-ring (bicyclic) bond motifs is 7. The second-order valence-electron chi connectivity index (χ2n) is 13.8. The lowest BCUT2D eigenvalue weighted by Crippen LogP contribution is -2.33. The number of hydrogen-bond acceptors (Lipinski definition) is 5. The van der Waals surface area contributed by atoms with Crippen molar-refractivity contribution in [1.82, 2.24) is 5.32 Å². The molecule has 11 rings (SSSR count). The zero-order chi connectivity index (χ0) is 35.6. The van der Waals surface area contributed by atoms with E-state index >= 15 is 0 Å². The first-order chi connectivity index (χ1) is 26.7. The fourth-order valence-corrected chi connectivity index (χ4v) is 9.07. The van der Waals surface area contributed by atoms with Gasteiger partial charge in [0.2, 0.25) is 0 Å². The summed E-state index contributed by atoms with van der Waals surface area (Å²) in [5, 5.41) is 10.7. The molecular formula is C49H31N3OS. The van der Waals surface area contributed by atoms with Crippen LogP contribution >= 0.6 is 11.3 Å². The molecule has 0 saturated carbocycles. The minimum atomic E-state index is -0.350. The average molecular weight is 710 g/mol. The van der Waals surface area contributed by atoms with E-state index in [2.05, 4.69) is 157 Å². The van der Waals surface area contributed by atoms with Gasteiger partial charge in [0, 0.05) is 47.6 Å². The Hall–Kier alpha value is -6.82. The van der Waals surface area contributed by atoms with Crippen LogP contribution < -0.4 is 5.32 Å². The van der Waals surface area contributed by atoms with Crippen LogP contribution in [0.25, 0.3) is 75.1 Å². The zero-order valence-electron chi connectivity index (χ0n) is 29.0. The van der Waals surface area contributed by atoms with Crippen LogP contribution in [0.4, 0.5) is 0 Å². The molecule has 0 bridgehead atoms. The number of rotatable bonds is 5. The first kappa shape index (κ1) is 30.8. The van der Waals surface area contributed by atoms with E-state index in [0.717, 1.165) is 66.4 Å². The van der Waals surface area contributed by atoms with E-state index in [0.29, 0.717) is 5.84 Å². The van der Waals surface area contributed by atoms with Crippen LogP contribution in [0.5, 0.6) is 0 Å². The highest BCUT2D eigenvalue weighted by Crippen LogP contribution is 2.45. The van der Waals surface area contributed by atoms with Gasteiger partial charge in [-0.05, 0) is 69.4 Å². The Balaban J connectivity index is 1.13. The molecule has 54 heavy (non-hydrogen) atoms. The van der Waals surface area contributed by atoms with E-state index in [4.69, 9.17) is 14.4 Å². The van der Waals surface area contributed by atoms with Gasteiger partial charge in [0.15, 0.2) is 5.84 Å². The molecule has 0 spiro atoms. The third-order valence-corrected chi connectivity index (χ3v) is 11.7. The number of amidine groups is 2. The lowest BCUT2D eigenvalue weighted by atomic mass is 9.94. The number of nitrogens with zero attached hydrogens (tertiary/aromatic N) is 2. The Labute approximate surface area is 315 Å². The average Bonchev–Trinajstić information content (AvgIpc) is 3.82. The number of benzene rings is 8. The number of thiophene rings is 1. The summed E-state index contributed by atoms with van der Waals surface area (Å²) < 4.78 is 9.52. The summed E-state index contributed by atoms with van der Waals surface area (Å²) in [6.07, 6.45) is -0.350.